The van der Waals surface area contributed by atoms with Gasteiger partial charge in [0.1, 0.15) is 6.61 Å². The van der Waals surface area contributed by atoms with Gasteiger partial charge in [-0.05, 0) is 34.1 Å². The van der Waals surface area contributed by atoms with Gasteiger partial charge in [-0.2, -0.15) is 0 Å². The fraction of sp³-hybridized carbons (Fsp3) is 0.273. The summed E-state index contributed by atoms with van der Waals surface area (Å²) < 4.78 is 5.49. The normalized spacial score (nSPS) is 10.1. The van der Waals surface area contributed by atoms with Gasteiger partial charge in [-0.1, -0.05) is 11.6 Å². The van der Waals surface area contributed by atoms with E-state index in [1.54, 1.807) is 18.2 Å². The molecule has 1 amide bonds. The van der Waals surface area contributed by atoms with Gasteiger partial charge in [0.15, 0.2) is 0 Å². The van der Waals surface area contributed by atoms with Crippen molar-refractivity contribution in [3.8, 4) is 0 Å². The summed E-state index contributed by atoms with van der Waals surface area (Å²) in [4.78, 5) is 21.8. The molecule has 0 saturated carbocycles. The van der Waals surface area contributed by atoms with Crippen LogP contribution >= 0.6 is 27.5 Å². The molecule has 0 radical (unpaired) electrons. The maximum Gasteiger partial charge on any atom is 0.329 e. The minimum absolute atomic E-state index is 0.141. The molecule has 0 saturated heterocycles. The van der Waals surface area contributed by atoms with Crippen LogP contribution in [0.4, 0.5) is 0 Å². The summed E-state index contributed by atoms with van der Waals surface area (Å²) in [6, 6.07) is 4.85. The first-order chi connectivity index (χ1) is 8.50. The third-order valence-electron chi connectivity index (χ3n) is 1.94. The second kappa shape index (κ2) is 7.35. The second-order valence-corrected chi connectivity index (χ2v) is 4.59. The molecule has 0 atom stereocenters. The first-order valence-electron chi connectivity index (χ1n) is 5.03. The summed E-state index contributed by atoms with van der Waals surface area (Å²) >= 11 is 9.09. The highest BCUT2D eigenvalue weighted by molar-refractivity contribution is 9.10. The summed E-state index contributed by atoms with van der Waals surface area (Å²) in [5.74, 6) is -1.33. The van der Waals surface area contributed by atoms with E-state index >= 15 is 0 Å². The number of carbonyl (C=O) groups is 2. The third kappa shape index (κ3) is 5.03. The molecule has 0 fully saturated rings. The zero-order chi connectivity index (χ0) is 13.5. The Hall–Kier alpha value is -1.11. The molecule has 1 aromatic rings. The molecule has 0 bridgehead atoms. The Morgan fingerprint density at radius 2 is 2.17 bits per heavy atom. The van der Waals surface area contributed by atoms with Crippen LogP contribution in [0.3, 0.4) is 0 Å². The van der Waals surface area contributed by atoms with Gasteiger partial charge in [0.05, 0.1) is 11.6 Å². The van der Waals surface area contributed by atoms with Gasteiger partial charge in [0.2, 0.25) is 0 Å². The number of hydrogen-bond acceptors (Lipinski definition) is 3. The van der Waals surface area contributed by atoms with Gasteiger partial charge in [-0.3, -0.25) is 4.79 Å². The average molecular weight is 337 g/mol. The summed E-state index contributed by atoms with van der Waals surface area (Å²) in [5, 5.41) is 11.4. The zero-order valence-corrected chi connectivity index (χ0v) is 11.6. The Balaban J connectivity index is 2.36. The minimum Gasteiger partial charge on any atom is -0.480 e. The Bertz CT molecular complexity index is 453. The van der Waals surface area contributed by atoms with Crippen LogP contribution in [0.2, 0.25) is 5.02 Å². The number of carbonyl (C=O) groups excluding carboxylic acids is 1. The molecule has 0 heterocycles. The van der Waals surface area contributed by atoms with Crippen molar-refractivity contribution >= 4 is 39.4 Å². The topological polar surface area (TPSA) is 75.6 Å². The Kier molecular flexibility index (Phi) is 6.11. The van der Waals surface area contributed by atoms with E-state index in [1.165, 1.54) is 0 Å². The largest absolute Gasteiger partial charge is 0.480 e. The van der Waals surface area contributed by atoms with Crippen molar-refractivity contribution in [3.63, 3.8) is 0 Å². The molecule has 0 aliphatic rings. The number of benzene rings is 1. The molecule has 1 aromatic carbocycles. The number of halogens is 2. The van der Waals surface area contributed by atoms with Gasteiger partial charge >= 0.3 is 5.97 Å². The number of carboxylic acids is 1. The lowest BCUT2D eigenvalue weighted by molar-refractivity contribution is -0.142. The van der Waals surface area contributed by atoms with E-state index in [-0.39, 0.29) is 25.7 Å². The van der Waals surface area contributed by atoms with Gasteiger partial charge in [0.25, 0.3) is 5.91 Å². The summed E-state index contributed by atoms with van der Waals surface area (Å²) in [6.07, 6.45) is 0. The van der Waals surface area contributed by atoms with E-state index in [4.69, 9.17) is 21.4 Å². The molecule has 0 unspecified atom stereocenters. The van der Waals surface area contributed by atoms with Crippen LogP contribution in [0, 0.1) is 0 Å². The third-order valence-corrected chi connectivity index (χ3v) is 3.17. The van der Waals surface area contributed by atoms with Crippen LogP contribution in [0.5, 0.6) is 0 Å². The maximum absolute atomic E-state index is 11.6. The molecule has 1 rings (SSSR count). The van der Waals surface area contributed by atoms with E-state index in [0.29, 0.717) is 15.1 Å². The highest BCUT2D eigenvalue weighted by Gasteiger charge is 2.07. The predicted octanol–water partition coefficient (Wildman–Crippen LogP) is 1.93. The first kappa shape index (κ1) is 14.9. The summed E-state index contributed by atoms with van der Waals surface area (Å²) in [5.41, 5.74) is 0.432. The highest BCUT2D eigenvalue weighted by Crippen LogP contribution is 2.22. The van der Waals surface area contributed by atoms with Crippen molar-refractivity contribution in [1.82, 2.24) is 5.32 Å². The lowest BCUT2D eigenvalue weighted by Crippen LogP contribution is -2.27. The number of amides is 1. The standard InChI is InChI=1S/C11H11BrClNO4/c12-8-2-1-7(5-9(8)13)11(17)14-3-4-18-6-10(15)16/h1-2,5H,3-4,6H2,(H,14,17)(H,15,16). The highest BCUT2D eigenvalue weighted by atomic mass is 79.9. The lowest BCUT2D eigenvalue weighted by Gasteiger charge is -2.06. The van der Waals surface area contributed by atoms with Gasteiger partial charge in [-0.15, -0.1) is 0 Å². The summed E-state index contributed by atoms with van der Waals surface area (Å²) in [6.45, 7) is 0.00206. The Morgan fingerprint density at radius 1 is 1.44 bits per heavy atom. The van der Waals surface area contributed by atoms with Crippen LogP contribution in [-0.2, 0) is 9.53 Å². The van der Waals surface area contributed by atoms with E-state index in [2.05, 4.69) is 21.2 Å². The summed E-state index contributed by atoms with van der Waals surface area (Å²) in [7, 11) is 0. The molecular weight excluding hydrogens is 325 g/mol. The molecule has 98 valence electrons. The lowest BCUT2D eigenvalue weighted by atomic mass is 10.2. The van der Waals surface area contributed by atoms with Crippen molar-refractivity contribution in [1.29, 1.82) is 0 Å². The monoisotopic (exact) mass is 335 g/mol. The molecule has 0 aliphatic carbocycles. The number of aliphatic carboxylic acids is 1. The maximum atomic E-state index is 11.6. The predicted molar refractivity (Wildman–Crippen MR) is 69.9 cm³/mol. The molecule has 18 heavy (non-hydrogen) atoms. The van der Waals surface area contributed by atoms with E-state index in [0.717, 1.165) is 0 Å². The zero-order valence-electron chi connectivity index (χ0n) is 9.28. The molecule has 7 heteroatoms. The minimum atomic E-state index is -1.04. The quantitative estimate of drug-likeness (QED) is 0.778. The molecule has 5 nitrogen and oxygen atoms in total. The van der Waals surface area contributed by atoms with Gasteiger partial charge < -0.3 is 15.2 Å². The molecule has 0 aliphatic heterocycles. The molecule has 2 N–H and O–H groups in total. The second-order valence-electron chi connectivity index (χ2n) is 3.33. The van der Waals surface area contributed by atoms with Crippen molar-refractivity contribution in [2.75, 3.05) is 19.8 Å². The van der Waals surface area contributed by atoms with E-state index in [9.17, 15) is 9.59 Å². The smallest absolute Gasteiger partial charge is 0.329 e. The Labute approximate surface area is 117 Å². The van der Waals surface area contributed by atoms with Gasteiger partial charge in [-0.25, -0.2) is 4.79 Å². The van der Waals surface area contributed by atoms with Crippen LogP contribution in [0.15, 0.2) is 22.7 Å². The van der Waals surface area contributed by atoms with Crippen molar-refractivity contribution in [3.05, 3.63) is 33.3 Å². The van der Waals surface area contributed by atoms with Crippen LogP contribution < -0.4 is 5.32 Å². The van der Waals surface area contributed by atoms with Crippen molar-refractivity contribution in [2.45, 2.75) is 0 Å². The average Bonchev–Trinajstić information content (AvgIpc) is 2.31. The van der Waals surface area contributed by atoms with Crippen LogP contribution in [0.25, 0.3) is 0 Å². The fourth-order valence-electron chi connectivity index (χ4n) is 1.14. The number of rotatable bonds is 6. The van der Waals surface area contributed by atoms with E-state index < -0.39 is 5.97 Å². The number of nitrogens with one attached hydrogen (secondary N) is 1. The SMILES string of the molecule is O=C(O)COCCNC(=O)c1ccc(Br)c(Cl)c1. The van der Waals surface area contributed by atoms with E-state index in [1.807, 2.05) is 0 Å². The van der Waals surface area contributed by atoms with Crippen LogP contribution in [0.1, 0.15) is 10.4 Å². The molecule has 0 spiro atoms. The first-order valence-corrected chi connectivity index (χ1v) is 6.20. The number of hydrogen-bond donors (Lipinski definition) is 2. The van der Waals surface area contributed by atoms with Crippen molar-refractivity contribution < 1.29 is 19.4 Å². The number of carboxylic acid groups (broad SMARTS) is 1. The van der Waals surface area contributed by atoms with Crippen LogP contribution in [-0.4, -0.2) is 36.7 Å². The molecular formula is C11H11BrClNO4. The number of ether oxygens (including phenoxy) is 1. The fourth-order valence-corrected chi connectivity index (χ4v) is 1.56. The Morgan fingerprint density at radius 3 is 2.78 bits per heavy atom. The van der Waals surface area contributed by atoms with Gasteiger partial charge in [0, 0.05) is 16.6 Å². The van der Waals surface area contributed by atoms with Crippen molar-refractivity contribution in [2.24, 2.45) is 0 Å². The molecule has 0 aromatic heterocycles.